The van der Waals surface area contributed by atoms with Crippen LogP contribution in [-0.2, 0) is 14.6 Å². The average molecular weight is 243 g/mol. The summed E-state index contributed by atoms with van der Waals surface area (Å²) < 4.78 is 22.6. The largest absolute Gasteiger partial charge is 0.324 e. The summed E-state index contributed by atoms with van der Waals surface area (Å²) in [5, 5.41) is 2.65. The minimum atomic E-state index is -3.21. The van der Waals surface area contributed by atoms with Gasteiger partial charge in [0.1, 0.15) is 0 Å². The normalized spacial score (nSPS) is 15.7. The van der Waals surface area contributed by atoms with Crippen LogP contribution in [-0.4, -0.2) is 26.3 Å². The SMILES string of the molecule is CS(=O)(=O)c1ccc2c(c1)NC(=O)CS2. The maximum Gasteiger partial charge on any atom is 0.234 e. The highest BCUT2D eigenvalue weighted by Gasteiger charge is 2.17. The van der Waals surface area contributed by atoms with E-state index in [2.05, 4.69) is 5.32 Å². The molecule has 0 fully saturated rings. The summed E-state index contributed by atoms with van der Waals surface area (Å²) in [6.45, 7) is 0. The molecule has 0 atom stereocenters. The number of benzene rings is 1. The van der Waals surface area contributed by atoms with E-state index in [1.165, 1.54) is 17.8 Å². The monoisotopic (exact) mass is 243 g/mol. The molecule has 1 aromatic carbocycles. The van der Waals surface area contributed by atoms with E-state index in [-0.39, 0.29) is 10.8 Å². The summed E-state index contributed by atoms with van der Waals surface area (Å²) in [7, 11) is -3.21. The van der Waals surface area contributed by atoms with Gasteiger partial charge in [-0.3, -0.25) is 4.79 Å². The Morgan fingerprint density at radius 3 is 2.80 bits per heavy atom. The second-order valence-electron chi connectivity index (χ2n) is 3.27. The fourth-order valence-electron chi connectivity index (χ4n) is 1.29. The summed E-state index contributed by atoms with van der Waals surface area (Å²) in [5.41, 5.74) is 0.583. The van der Waals surface area contributed by atoms with Crippen molar-refractivity contribution >= 4 is 33.2 Å². The fraction of sp³-hybridized carbons (Fsp3) is 0.222. The number of rotatable bonds is 1. The molecule has 0 unspecified atom stereocenters. The van der Waals surface area contributed by atoms with Gasteiger partial charge in [0.15, 0.2) is 9.84 Å². The molecule has 4 nitrogen and oxygen atoms in total. The highest BCUT2D eigenvalue weighted by atomic mass is 32.2. The first-order valence-corrected chi connectivity index (χ1v) is 7.11. The summed E-state index contributed by atoms with van der Waals surface area (Å²) in [4.78, 5) is 12.2. The van der Waals surface area contributed by atoms with Crippen molar-refractivity contribution in [3.05, 3.63) is 18.2 Å². The van der Waals surface area contributed by atoms with Gasteiger partial charge in [0, 0.05) is 11.2 Å². The number of thioether (sulfide) groups is 1. The van der Waals surface area contributed by atoms with Crippen LogP contribution in [0.2, 0.25) is 0 Å². The van der Waals surface area contributed by atoms with Crippen LogP contribution < -0.4 is 5.32 Å². The zero-order chi connectivity index (χ0) is 11.1. The lowest BCUT2D eigenvalue weighted by atomic mass is 10.3. The fourth-order valence-corrected chi connectivity index (χ4v) is 2.73. The molecular weight excluding hydrogens is 234 g/mol. The third-order valence-corrected chi connectivity index (χ3v) is 4.20. The van der Waals surface area contributed by atoms with Gasteiger partial charge in [-0.25, -0.2) is 8.42 Å². The maximum atomic E-state index is 11.3. The Kier molecular flexibility index (Phi) is 2.47. The lowest BCUT2D eigenvalue weighted by molar-refractivity contribution is -0.113. The predicted octanol–water partition coefficient (Wildman–Crippen LogP) is 1.13. The lowest BCUT2D eigenvalue weighted by Gasteiger charge is -2.16. The van der Waals surface area contributed by atoms with E-state index < -0.39 is 9.84 Å². The standard InChI is InChI=1S/C9H9NO3S2/c1-15(12,13)6-2-3-8-7(4-6)10-9(11)5-14-8/h2-4H,5H2,1H3,(H,10,11). The summed E-state index contributed by atoms with van der Waals surface area (Å²) >= 11 is 1.41. The van der Waals surface area contributed by atoms with Gasteiger partial charge in [-0.05, 0) is 18.2 Å². The summed E-state index contributed by atoms with van der Waals surface area (Å²) in [5.74, 6) is 0.281. The predicted molar refractivity (Wildman–Crippen MR) is 58.9 cm³/mol. The average Bonchev–Trinajstić information content (AvgIpc) is 2.15. The molecule has 0 aliphatic carbocycles. The Balaban J connectivity index is 2.50. The van der Waals surface area contributed by atoms with E-state index >= 15 is 0 Å². The van der Waals surface area contributed by atoms with Crippen molar-refractivity contribution in [1.29, 1.82) is 0 Å². The molecule has 6 heteroatoms. The number of nitrogens with one attached hydrogen (secondary N) is 1. The van der Waals surface area contributed by atoms with Crippen molar-refractivity contribution in [2.75, 3.05) is 17.3 Å². The molecule has 1 amide bonds. The number of hydrogen-bond acceptors (Lipinski definition) is 4. The molecule has 1 heterocycles. The second-order valence-corrected chi connectivity index (χ2v) is 6.30. The van der Waals surface area contributed by atoms with E-state index in [9.17, 15) is 13.2 Å². The van der Waals surface area contributed by atoms with Crippen molar-refractivity contribution in [1.82, 2.24) is 0 Å². The van der Waals surface area contributed by atoms with Crippen LogP contribution in [0.5, 0.6) is 0 Å². The molecule has 1 aliphatic rings. The van der Waals surface area contributed by atoms with Crippen molar-refractivity contribution < 1.29 is 13.2 Å². The van der Waals surface area contributed by atoms with Crippen LogP contribution in [0, 0.1) is 0 Å². The highest BCUT2D eigenvalue weighted by Crippen LogP contribution is 2.32. The second kappa shape index (κ2) is 3.53. The number of carbonyl (C=O) groups excluding carboxylic acids is 1. The summed E-state index contributed by atoms with van der Waals surface area (Å²) in [6, 6.07) is 4.77. The highest BCUT2D eigenvalue weighted by molar-refractivity contribution is 8.00. The van der Waals surface area contributed by atoms with E-state index in [4.69, 9.17) is 0 Å². The number of fused-ring (bicyclic) bond motifs is 1. The quantitative estimate of drug-likeness (QED) is 0.803. The molecular formula is C9H9NO3S2. The van der Waals surface area contributed by atoms with Gasteiger partial charge >= 0.3 is 0 Å². The molecule has 80 valence electrons. The molecule has 1 N–H and O–H groups in total. The van der Waals surface area contributed by atoms with Gasteiger partial charge in [-0.2, -0.15) is 0 Å². The topological polar surface area (TPSA) is 63.2 Å². The van der Waals surface area contributed by atoms with Crippen LogP contribution in [0.25, 0.3) is 0 Å². The molecule has 0 spiro atoms. The van der Waals surface area contributed by atoms with Crippen LogP contribution >= 0.6 is 11.8 Å². The number of anilines is 1. The zero-order valence-corrected chi connectivity index (χ0v) is 9.61. The Hall–Kier alpha value is -1.01. The Labute approximate surface area is 92.0 Å². The van der Waals surface area contributed by atoms with Crippen LogP contribution in [0.1, 0.15) is 0 Å². The third kappa shape index (κ3) is 2.15. The first kappa shape index (κ1) is 10.5. The van der Waals surface area contributed by atoms with Gasteiger partial charge in [0.05, 0.1) is 16.3 Å². The Morgan fingerprint density at radius 2 is 2.13 bits per heavy atom. The Morgan fingerprint density at radius 1 is 1.40 bits per heavy atom. The minimum absolute atomic E-state index is 0.0989. The first-order chi connectivity index (χ1) is 6.97. The van der Waals surface area contributed by atoms with Gasteiger partial charge in [-0.15, -0.1) is 11.8 Å². The Bertz CT molecular complexity index is 522. The molecule has 0 aromatic heterocycles. The van der Waals surface area contributed by atoms with Crippen LogP contribution in [0.3, 0.4) is 0 Å². The number of amides is 1. The molecule has 1 aliphatic heterocycles. The molecule has 1 aromatic rings. The van der Waals surface area contributed by atoms with Crippen molar-refractivity contribution in [2.45, 2.75) is 9.79 Å². The molecule has 0 radical (unpaired) electrons. The number of hydrogen-bond donors (Lipinski definition) is 1. The number of sulfone groups is 1. The minimum Gasteiger partial charge on any atom is -0.324 e. The van der Waals surface area contributed by atoms with Gasteiger partial charge in [0.2, 0.25) is 5.91 Å². The molecule has 15 heavy (non-hydrogen) atoms. The van der Waals surface area contributed by atoms with Crippen molar-refractivity contribution in [3.63, 3.8) is 0 Å². The molecule has 0 saturated heterocycles. The van der Waals surface area contributed by atoms with Gasteiger partial charge in [0.25, 0.3) is 0 Å². The van der Waals surface area contributed by atoms with Crippen LogP contribution in [0.15, 0.2) is 28.0 Å². The summed E-state index contributed by atoms with van der Waals surface area (Å²) in [6.07, 6.45) is 1.15. The van der Waals surface area contributed by atoms with Gasteiger partial charge < -0.3 is 5.32 Å². The molecule has 0 saturated carbocycles. The van der Waals surface area contributed by atoms with Crippen molar-refractivity contribution in [2.24, 2.45) is 0 Å². The van der Waals surface area contributed by atoms with E-state index in [1.54, 1.807) is 12.1 Å². The van der Waals surface area contributed by atoms with E-state index in [0.717, 1.165) is 11.2 Å². The van der Waals surface area contributed by atoms with Crippen molar-refractivity contribution in [3.8, 4) is 0 Å². The first-order valence-electron chi connectivity index (χ1n) is 4.23. The van der Waals surface area contributed by atoms with Crippen LogP contribution in [0.4, 0.5) is 5.69 Å². The lowest BCUT2D eigenvalue weighted by Crippen LogP contribution is -2.18. The van der Waals surface area contributed by atoms with E-state index in [1.807, 2.05) is 0 Å². The third-order valence-electron chi connectivity index (χ3n) is 2.01. The smallest absolute Gasteiger partial charge is 0.234 e. The van der Waals surface area contributed by atoms with E-state index in [0.29, 0.717) is 11.4 Å². The molecule has 0 bridgehead atoms. The zero-order valence-electron chi connectivity index (χ0n) is 7.98. The molecule has 2 rings (SSSR count). The maximum absolute atomic E-state index is 11.3. The number of carbonyl (C=O) groups is 1. The van der Waals surface area contributed by atoms with Gasteiger partial charge in [-0.1, -0.05) is 0 Å².